The Morgan fingerprint density at radius 3 is 2.15 bits per heavy atom. The van der Waals surface area contributed by atoms with Crippen LogP contribution < -0.4 is 4.90 Å². The van der Waals surface area contributed by atoms with E-state index in [0.29, 0.717) is 0 Å². The van der Waals surface area contributed by atoms with Crippen molar-refractivity contribution in [3.63, 3.8) is 0 Å². The molecule has 0 unspecified atom stereocenters. The summed E-state index contributed by atoms with van der Waals surface area (Å²) in [6, 6.07) is 5.18. The number of amides is 4. The molecule has 4 amide bonds. The zero-order valence-corrected chi connectivity index (χ0v) is 24.7. The predicted octanol–water partition coefficient (Wildman–Crippen LogP) is 4.52. The first-order valence-electron chi connectivity index (χ1n) is 13.9. The molecule has 16 heteroatoms. The van der Waals surface area contributed by atoms with Gasteiger partial charge in [-0.2, -0.15) is 0 Å². The Balaban J connectivity index is 1.52. The number of carbonyl (C=O) groups is 5. The molecule has 46 heavy (non-hydrogen) atoms. The number of allylic oxidation sites excluding steroid dienone is 2. The summed E-state index contributed by atoms with van der Waals surface area (Å²) in [7, 11) is 0. The van der Waals surface area contributed by atoms with Gasteiger partial charge in [-0.05, 0) is 42.9 Å². The lowest BCUT2D eigenvalue weighted by Gasteiger charge is -2.50. The molecule has 0 aromatic heterocycles. The maximum atomic E-state index is 15.0. The van der Waals surface area contributed by atoms with Gasteiger partial charge in [0.25, 0.3) is 11.8 Å². The maximum Gasteiger partial charge on any atom is 0.303 e. The minimum absolute atomic E-state index is 0.0444. The summed E-state index contributed by atoms with van der Waals surface area (Å²) in [5.74, 6) is -23.2. The number of phenols is 1. The Morgan fingerprint density at radius 1 is 0.913 bits per heavy atom. The van der Waals surface area contributed by atoms with Gasteiger partial charge in [0.15, 0.2) is 33.0 Å². The molecular formula is C30H21Cl2F5N2O7. The zero-order valence-electron chi connectivity index (χ0n) is 23.2. The maximum absolute atomic E-state index is 15.0. The Kier molecular flexibility index (Phi) is 7.47. The quantitative estimate of drug-likeness (QED) is 0.114. The number of halogens is 7. The number of hydrogen-bond donors (Lipinski definition) is 2. The second-order valence-corrected chi connectivity index (χ2v) is 12.9. The van der Waals surface area contributed by atoms with E-state index in [4.69, 9.17) is 28.3 Å². The van der Waals surface area contributed by atoms with E-state index in [1.807, 2.05) is 0 Å². The van der Waals surface area contributed by atoms with Crippen molar-refractivity contribution in [2.75, 3.05) is 11.4 Å². The molecule has 2 heterocycles. The molecule has 2 aliphatic heterocycles. The highest BCUT2D eigenvalue weighted by atomic mass is 35.5. The largest absolute Gasteiger partial charge is 0.508 e. The molecule has 0 radical (unpaired) electrons. The topological polar surface area (TPSA) is 132 Å². The van der Waals surface area contributed by atoms with Gasteiger partial charge in [-0.1, -0.05) is 23.8 Å². The number of rotatable bonds is 6. The first-order valence-corrected chi connectivity index (χ1v) is 14.7. The summed E-state index contributed by atoms with van der Waals surface area (Å²) in [5, 5.41) is 19.3. The van der Waals surface area contributed by atoms with Crippen molar-refractivity contribution in [3.05, 3.63) is 70.6 Å². The van der Waals surface area contributed by atoms with Crippen molar-refractivity contribution in [2.45, 2.75) is 41.3 Å². The van der Waals surface area contributed by atoms with Crippen LogP contribution in [-0.4, -0.2) is 61.0 Å². The van der Waals surface area contributed by atoms with Crippen LogP contribution >= 0.6 is 23.2 Å². The van der Waals surface area contributed by atoms with Gasteiger partial charge in [-0.15, -0.1) is 23.2 Å². The molecule has 4 aliphatic rings. The number of carboxylic acids is 1. The number of phenolic OH excluding ortho intramolecular Hbond substituents is 1. The summed E-state index contributed by atoms with van der Waals surface area (Å²) in [4.78, 5) is 61.5. The number of aromatic hydroxyl groups is 1. The molecular weight excluding hydrogens is 666 g/mol. The molecule has 2 saturated heterocycles. The number of benzene rings is 2. The number of aliphatic carboxylic acids is 1. The van der Waals surface area contributed by atoms with Gasteiger partial charge in [-0.25, -0.2) is 26.9 Å². The highest BCUT2D eigenvalue weighted by Crippen LogP contribution is 2.66. The van der Waals surface area contributed by atoms with E-state index in [9.17, 15) is 42.3 Å². The van der Waals surface area contributed by atoms with Crippen molar-refractivity contribution < 1.29 is 56.1 Å². The second kappa shape index (κ2) is 10.8. The summed E-state index contributed by atoms with van der Waals surface area (Å²) < 4.78 is 72.5. The van der Waals surface area contributed by atoms with Gasteiger partial charge in [0.05, 0.1) is 11.8 Å². The van der Waals surface area contributed by atoms with E-state index < -0.39 is 104 Å². The van der Waals surface area contributed by atoms with Gasteiger partial charge in [0.2, 0.25) is 17.6 Å². The minimum Gasteiger partial charge on any atom is -0.508 e. The van der Waals surface area contributed by atoms with E-state index in [0.717, 1.165) is 4.90 Å². The van der Waals surface area contributed by atoms with E-state index in [-0.39, 0.29) is 47.6 Å². The molecule has 242 valence electrons. The van der Waals surface area contributed by atoms with Gasteiger partial charge in [-0.3, -0.25) is 28.9 Å². The Hall–Kier alpha value is -4.04. The molecule has 9 nitrogen and oxygen atoms in total. The third kappa shape index (κ3) is 4.15. The Bertz CT molecular complexity index is 1780. The highest BCUT2D eigenvalue weighted by molar-refractivity contribution is 6.58. The zero-order chi connectivity index (χ0) is 33.6. The van der Waals surface area contributed by atoms with E-state index in [1.54, 1.807) is 0 Å². The van der Waals surface area contributed by atoms with Gasteiger partial charge < -0.3 is 10.2 Å². The fraction of sp³-hybridized carbons (Fsp3) is 0.367. The number of carboxylic acid groups (broad SMARTS) is 1. The molecule has 2 aromatic carbocycles. The molecule has 0 spiro atoms. The normalized spacial score (nSPS) is 30.4. The lowest BCUT2D eigenvalue weighted by molar-refractivity contribution is -0.142. The number of fused-ring (bicyclic) bond motifs is 4. The molecule has 2 aliphatic carbocycles. The van der Waals surface area contributed by atoms with Gasteiger partial charge in [0, 0.05) is 18.9 Å². The molecule has 2 aromatic rings. The average Bonchev–Trinajstić information content (AvgIpc) is 3.33. The van der Waals surface area contributed by atoms with Crippen LogP contribution in [0.25, 0.3) is 0 Å². The van der Waals surface area contributed by atoms with Crippen LogP contribution in [0.4, 0.5) is 27.6 Å². The summed E-state index contributed by atoms with van der Waals surface area (Å²) in [6.45, 7) is -0.216. The van der Waals surface area contributed by atoms with Crippen LogP contribution in [0.15, 0.2) is 35.9 Å². The fourth-order valence-electron chi connectivity index (χ4n) is 7.32. The number of anilines is 1. The monoisotopic (exact) mass is 686 g/mol. The molecule has 6 atom stereocenters. The van der Waals surface area contributed by atoms with Crippen molar-refractivity contribution in [1.82, 2.24) is 4.90 Å². The number of imide groups is 2. The first-order chi connectivity index (χ1) is 21.6. The SMILES string of the molecule is O=C(O)CCCN1C(=O)[C@H]2[C@H](CC=C3[C@H]2C[C@@]2(Cl)C(=O)N(c4c(F)c(F)c(F)c(F)c4F)C(=O)[C@@]2(Cl)[C@H]3c2cccc(O)c2)C1=O. The van der Waals surface area contributed by atoms with Crippen molar-refractivity contribution in [1.29, 1.82) is 0 Å². The summed E-state index contributed by atoms with van der Waals surface area (Å²) in [6.07, 6.45) is 0.419. The number of hydrogen-bond acceptors (Lipinski definition) is 6. The highest BCUT2D eigenvalue weighted by Gasteiger charge is 2.77. The minimum atomic E-state index is -2.69. The molecule has 0 bridgehead atoms. The van der Waals surface area contributed by atoms with Crippen LogP contribution in [0.1, 0.15) is 37.2 Å². The van der Waals surface area contributed by atoms with Crippen LogP contribution in [0.3, 0.4) is 0 Å². The average molecular weight is 687 g/mol. The third-order valence-electron chi connectivity index (χ3n) is 9.29. The number of nitrogens with zero attached hydrogens (tertiary/aromatic N) is 2. The van der Waals surface area contributed by atoms with Crippen LogP contribution in [0, 0.1) is 46.8 Å². The van der Waals surface area contributed by atoms with E-state index >= 15 is 8.78 Å². The summed E-state index contributed by atoms with van der Waals surface area (Å²) >= 11 is 14.0. The number of likely N-dealkylation sites (tertiary alicyclic amines) is 1. The van der Waals surface area contributed by atoms with Crippen LogP contribution in [0.5, 0.6) is 5.75 Å². The van der Waals surface area contributed by atoms with Gasteiger partial charge >= 0.3 is 5.97 Å². The van der Waals surface area contributed by atoms with Crippen molar-refractivity contribution in [3.8, 4) is 5.75 Å². The summed E-state index contributed by atoms with van der Waals surface area (Å²) in [5.41, 5.74) is -1.60. The van der Waals surface area contributed by atoms with Gasteiger partial charge in [0.1, 0.15) is 11.4 Å². The molecule has 2 N–H and O–H groups in total. The number of alkyl halides is 2. The molecule has 6 rings (SSSR count). The second-order valence-electron chi connectivity index (χ2n) is 11.6. The smallest absolute Gasteiger partial charge is 0.303 e. The first kappa shape index (κ1) is 31.9. The lowest BCUT2D eigenvalue weighted by atomic mass is 9.56. The van der Waals surface area contributed by atoms with E-state index in [1.165, 1.54) is 30.3 Å². The third-order valence-corrected chi connectivity index (χ3v) is 10.7. The molecule has 1 saturated carbocycles. The van der Waals surface area contributed by atoms with Crippen LogP contribution in [0.2, 0.25) is 0 Å². The number of carbonyl (C=O) groups excluding carboxylic acids is 4. The van der Waals surface area contributed by atoms with Crippen molar-refractivity contribution >= 4 is 58.5 Å². The van der Waals surface area contributed by atoms with E-state index in [2.05, 4.69) is 0 Å². The Morgan fingerprint density at radius 2 is 1.54 bits per heavy atom. The van der Waals surface area contributed by atoms with Crippen LogP contribution in [-0.2, 0) is 24.0 Å². The van der Waals surface area contributed by atoms with Crippen molar-refractivity contribution in [2.24, 2.45) is 17.8 Å². The lowest BCUT2D eigenvalue weighted by Crippen LogP contribution is -2.60. The molecule has 3 fully saturated rings. The standard InChI is InChI=1S/C30H21Cl2F5N2O7/c31-29-10-15-13(6-7-14-17(15)26(44)38(25(14)43)8-2-5-16(41)42)18(11-3-1-4-12(40)9-11)30(29,32)28(46)39(27(29)45)24-22(36)20(34)19(33)21(35)23(24)37/h1,3-4,6,9,14-15,17-18,40H,2,5,7-8,10H2,(H,41,42)/t14-,15+,17-,18-,29+,30-/m0/s1. The predicted molar refractivity (Wildman–Crippen MR) is 148 cm³/mol. The fourth-order valence-corrected chi connectivity index (χ4v) is 8.25. The Labute approximate surface area is 266 Å².